The van der Waals surface area contributed by atoms with Crippen LogP contribution < -0.4 is 5.73 Å². The van der Waals surface area contributed by atoms with Crippen molar-refractivity contribution in [2.24, 2.45) is 23.5 Å². The number of carboxylic acid groups (broad SMARTS) is 2. The second-order valence-electron chi connectivity index (χ2n) is 5.13. The van der Waals surface area contributed by atoms with Crippen molar-refractivity contribution >= 4 is 11.9 Å². The Bertz CT molecular complexity index is 326. The van der Waals surface area contributed by atoms with E-state index in [0.29, 0.717) is 18.8 Å². The minimum atomic E-state index is -1.33. The van der Waals surface area contributed by atoms with Crippen molar-refractivity contribution in [3.05, 3.63) is 0 Å². The van der Waals surface area contributed by atoms with Gasteiger partial charge in [0.2, 0.25) is 0 Å². The van der Waals surface area contributed by atoms with Gasteiger partial charge in [-0.25, -0.2) is 0 Å². The molecule has 2 aliphatic carbocycles. The molecule has 0 spiro atoms. The molecule has 16 heavy (non-hydrogen) atoms. The molecule has 2 fully saturated rings. The fourth-order valence-corrected chi connectivity index (χ4v) is 2.61. The van der Waals surface area contributed by atoms with E-state index in [-0.39, 0.29) is 5.92 Å². The van der Waals surface area contributed by atoms with E-state index in [2.05, 4.69) is 0 Å². The van der Waals surface area contributed by atoms with Crippen LogP contribution in [0.5, 0.6) is 0 Å². The van der Waals surface area contributed by atoms with Gasteiger partial charge in [-0.3, -0.25) is 9.59 Å². The molecule has 0 heterocycles. The maximum absolute atomic E-state index is 11.2. The fourth-order valence-electron chi connectivity index (χ4n) is 2.61. The SMILES string of the molecule is NC(CC1CCC1)(C(=O)O)C1CC1C(=O)O. The third-order valence-electron chi connectivity index (χ3n) is 4.02. The summed E-state index contributed by atoms with van der Waals surface area (Å²) in [6.07, 6.45) is 4.02. The van der Waals surface area contributed by atoms with E-state index in [9.17, 15) is 14.7 Å². The zero-order valence-corrected chi connectivity index (χ0v) is 9.06. The van der Waals surface area contributed by atoms with Crippen LogP contribution in [0.25, 0.3) is 0 Å². The van der Waals surface area contributed by atoms with E-state index in [0.717, 1.165) is 19.3 Å². The molecule has 0 aliphatic heterocycles. The van der Waals surface area contributed by atoms with Crippen molar-refractivity contribution in [1.29, 1.82) is 0 Å². The Balaban J connectivity index is 2.04. The predicted molar refractivity (Wildman–Crippen MR) is 55.7 cm³/mol. The summed E-state index contributed by atoms with van der Waals surface area (Å²) in [7, 11) is 0. The number of hydrogen-bond acceptors (Lipinski definition) is 3. The molecule has 90 valence electrons. The summed E-state index contributed by atoms with van der Waals surface area (Å²) in [5.41, 5.74) is 4.60. The Morgan fingerprint density at radius 3 is 2.25 bits per heavy atom. The summed E-state index contributed by atoms with van der Waals surface area (Å²) in [5, 5.41) is 18.0. The third-order valence-corrected chi connectivity index (χ3v) is 4.02. The second-order valence-corrected chi connectivity index (χ2v) is 5.13. The monoisotopic (exact) mass is 227 g/mol. The van der Waals surface area contributed by atoms with E-state index >= 15 is 0 Å². The van der Waals surface area contributed by atoms with E-state index in [1.807, 2.05) is 0 Å². The first kappa shape index (κ1) is 11.4. The van der Waals surface area contributed by atoms with Gasteiger partial charge in [-0.1, -0.05) is 19.3 Å². The Labute approximate surface area is 93.6 Å². The highest BCUT2D eigenvalue weighted by Crippen LogP contribution is 2.49. The maximum Gasteiger partial charge on any atom is 0.324 e. The molecular weight excluding hydrogens is 210 g/mol. The van der Waals surface area contributed by atoms with Gasteiger partial charge in [0.15, 0.2) is 0 Å². The summed E-state index contributed by atoms with van der Waals surface area (Å²) in [5.74, 6) is -2.54. The quantitative estimate of drug-likeness (QED) is 0.641. The van der Waals surface area contributed by atoms with Gasteiger partial charge in [-0.05, 0) is 18.8 Å². The zero-order chi connectivity index (χ0) is 11.9. The van der Waals surface area contributed by atoms with Crippen LogP contribution in [0.3, 0.4) is 0 Å². The molecule has 0 aromatic rings. The van der Waals surface area contributed by atoms with Crippen LogP contribution in [0.15, 0.2) is 0 Å². The number of rotatable bonds is 5. The molecule has 4 N–H and O–H groups in total. The first-order valence-electron chi connectivity index (χ1n) is 5.70. The van der Waals surface area contributed by atoms with E-state index in [1.165, 1.54) is 0 Å². The third kappa shape index (κ3) is 1.80. The van der Waals surface area contributed by atoms with E-state index < -0.39 is 23.4 Å². The van der Waals surface area contributed by atoms with Crippen LogP contribution in [0.2, 0.25) is 0 Å². The lowest BCUT2D eigenvalue weighted by molar-refractivity contribution is -0.146. The largest absolute Gasteiger partial charge is 0.481 e. The summed E-state index contributed by atoms with van der Waals surface area (Å²) >= 11 is 0. The highest BCUT2D eigenvalue weighted by atomic mass is 16.4. The van der Waals surface area contributed by atoms with Crippen molar-refractivity contribution < 1.29 is 19.8 Å². The predicted octanol–water partition coefficient (Wildman–Crippen LogP) is 0.679. The molecule has 3 atom stereocenters. The fraction of sp³-hybridized carbons (Fsp3) is 0.818. The molecule has 0 bridgehead atoms. The van der Waals surface area contributed by atoms with Crippen molar-refractivity contribution in [3.8, 4) is 0 Å². The van der Waals surface area contributed by atoms with Gasteiger partial charge < -0.3 is 15.9 Å². The standard InChI is InChI=1S/C11H17NO4/c12-11(10(15)16,5-6-2-1-3-6)8-4-7(8)9(13)14/h6-8H,1-5,12H2,(H,13,14)(H,15,16). The van der Waals surface area contributed by atoms with Gasteiger partial charge >= 0.3 is 11.9 Å². The summed E-state index contributed by atoms with van der Waals surface area (Å²) < 4.78 is 0. The number of nitrogens with two attached hydrogens (primary N) is 1. The minimum Gasteiger partial charge on any atom is -0.481 e. The molecule has 0 aromatic carbocycles. The molecule has 2 saturated carbocycles. The molecule has 5 heteroatoms. The first-order valence-corrected chi connectivity index (χ1v) is 5.70. The van der Waals surface area contributed by atoms with Gasteiger partial charge in [0.1, 0.15) is 5.54 Å². The van der Waals surface area contributed by atoms with Gasteiger partial charge in [0, 0.05) is 5.92 Å². The Morgan fingerprint density at radius 1 is 1.31 bits per heavy atom. The summed E-state index contributed by atoms with van der Waals surface area (Å²) in [4.78, 5) is 22.0. The highest BCUT2D eigenvalue weighted by Gasteiger charge is 2.58. The molecule has 0 aromatic heterocycles. The van der Waals surface area contributed by atoms with E-state index in [4.69, 9.17) is 10.8 Å². The lowest BCUT2D eigenvalue weighted by Crippen LogP contribution is -2.52. The molecule has 0 radical (unpaired) electrons. The Kier molecular flexibility index (Phi) is 2.66. The molecule has 5 nitrogen and oxygen atoms in total. The average molecular weight is 227 g/mol. The van der Waals surface area contributed by atoms with Crippen molar-refractivity contribution in [1.82, 2.24) is 0 Å². The number of hydrogen-bond donors (Lipinski definition) is 3. The zero-order valence-electron chi connectivity index (χ0n) is 9.06. The molecule has 3 unspecified atom stereocenters. The Hall–Kier alpha value is -1.10. The normalized spacial score (nSPS) is 32.6. The molecule has 2 rings (SSSR count). The second kappa shape index (κ2) is 3.73. The summed E-state index contributed by atoms with van der Waals surface area (Å²) in [6, 6.07) is 0. The lowest BCUT2D eigenvalue weighted by Gasteiger charge is -2.34. The van der Waals surface area contributed by atoms with Crippen molar-refractivity contribution in [2.75, 3.05) is 0 Å². The molecule has 2 aliphatic rings. The Morgan fingerprint density at radius 2 is 1.94 bits per heavy atom. The topological polar surface area (TPSA) is 101 Å². The molecular formula is C11H17NO4. The van der Waals surface area contributed by atoms with Crippen LogP contribution >= 0.6 is 0 Å². The molecule has 0 saturated heterocycles. The number of carboxylic acids is 2. The maximum atomic E-state index is 11.2. The minimum absolute atomic E-state index is 0.371. The van der Waals surface area contributed by atoms with E-state index in [1.54, 1.807) is 0 Å². The van der Waals surface area contributed by atoms with Crippen LogP contribution in [0, 0.1) is 17.8 Å². The van der Waals surface area contributed by atoms with Gasteiger partial charge in [-0.15, -0.1) is 0 Å². The van der Waals surface area contributed by atoms with Crippen molar-refractivity contribution in [3.63, 3.8) is 0 Å². The van der Waals surface area contributed by atoms with Gasteiger partial charge in [0.25, 0.3) is 0 Å². The first-order chi connectivity index (χ1) is 7.45. The highest BCUT2D eigenvalue weighted by molar-refractivity contribution is 5.83. The smallest absolute Gasteiger partial charge is 0.324 e. The van der Waals surface area contributed by atoms with Crippen LogP contribution in [0.1, 0.15) is 32.1 Å². The molecule has 0 amide bonds. The van der Waals surface area contributed by atoms with Crippen LogP contribution in [-0.4, -0.2) is 27.7 Å². The van der Waals surface area contributed by atoms with Crippen LogP contribution in [-0.2, 0) is 9.59 Å². The van der Waals surface area contributed by atoms with Crippen LogP contribution in [0.4, 0.5) is 0 Å². The number of aliphatic carboxylic acids is 2. The number of carbonyl (C=O) groups is 2. The summed E-state index contributed by atoms with van der Waals surface area (Å²) in [6.45, 7) is 0. The lowest BCUT2D eigenvalue weighted by atomic mass is 9.74. The van der Waals surface area contributed by atoms with Gasteiger partial charge in [-0.2, -0.15) is 0 Å². The average Bonchev–Trinajstić information content (AvgIpc) is 2.90. The van der Waals surface area contributed by atoms with Crippen molar-refractivity contribution in [2.45, 2.75) is 37.6 Å². The van der Waals surface area contributed by atoms with Gasteiger partial charge in [0.05, 0.1) is 5.92 Å².